The van der Waals surface area contributed by atoms with E-state index >= 15 is 0 Å². The summed E-state index contributed by atoms with van der Waals surface area (Å²) in [4.78, 5) is 0. The van der Waals surface area contributed by atoms with Gasteiger partial charge in [-0.25, -0.2) is 0 Å². The van der Waals surface area contributed by atoms with E-state index in [0.29, 0.717) is 13.2 Å². The Balaban J connectivity index is 2.34. The maximum Gasteiger partial charge on any atom is 0.184 e. The maximum atomic E-state index is 5.86. The van der Waals surface area contributed by atoms with Crippen molar-refractivity contribution in [2.24, 2.45) is 0 Å². The molecule has 0 spiro atoms. The largest absolute Gasteiger partial charge is 0.410 e. The van der Waals surface area contributed by atoms with Crippen LogP contribution in [0.2, 0.25) is 19.6 Å². The first-order valence-electron chi connectivity index (χ1n) is 4.74. The third-order valence-corrected chi connectivity index (χ3v) is 2.79. The molecule has 0 saturated carbocycles. The van der Waals surface area contributed by atoms with Crippen molar-refractivity contribution < 1.29 is 13.9 Å². The summed E-state index contributed by atoms with van der Waals surface area (Å²) in [6, 6.07) is 0. The van der Waals surface area contributed by atoms with E-state index in [1.807, 2.05) is 13.8 Å². The zero-order valence-corrected chi connectivity index (χ0v) is 10.2. The highest BCUT2D eigenvalue weighted by molar-refractivity contribution is 6.69. The molecule has 0 unspecified atom stereocenters. The maximum absolute atomic E-state index is 5.86. The summed E-state index contributed by atoms with van der Waals surface area (Å²) < 4.78 is 16.9. The minimum Gasteiger partial charge on any atom is -0.410 e. The lowest BCUT2D eigenvalue weighted by Gasteiger charge is -2.37. The van der Waals surface area contributed by atoms with Gasteiger partial charge in [0.25, 0.3) is 0 Å². The molecule has 0 amide bonds. The minimum atomic E-state index is -1.45. The highest BCUT2D eigenvalue weighted by Crippen LogP contribution is 2.20. The summed E-state index contributed by atoms with van der Waals surface area (Å²) in [6.07, 6.45) is 0.125. The van der Waals surface area contributed by atoms with E-state index < -0.39 is 14.1 Å². The highest BCUT2D eigenvalue weighted by Gasteiger charge is 2.31. The van der Waals surface area contributed by atoms with Gasteiger partial charge in [-0.05, 0) is 33.5 Å². The Labute approximate surface area is 81.5 Å². The van der Waals surface area contributed by atoms with E-state index in [2.05, 4.69) is 19.6 Å². The summed E-state index contributed by atoms with van der Waals surface area (Å²) in [5.41, 5.74) is 0. The lowest BCUT2D eigenvalue weighted by atomic mass is 10.3. The molecule has 1 aliphatic rings. The molecule has 1 saturated heterocycles. The van der Waals surface area contributed by atoms with Gasteiger partial charge in [-0.3, -0.25) is 0 Å². The molecule has 0 radical (unpaired) electrons. The molecule has 0 N–H and O–H groups in total. The van der Waals surface area contributed by atoms with Crippen LogP contribution in [-0.4, -0.2) is 33.4 Å². The van der Waals surface area contributed by atoms with Crippen LogP contribution in [0, 0.1) is 0 Å². The van der Waals surface area contributed by atoms with E-state index in [4.69, 9.17) is 13.9 Å². The second kappa shape index (κ2) is 3.69. The fourth-order valence-corrected chi connectivity index (χ4v) is 2.38. The second-order valence-corrected chi connectivity index (χ2v) is 9.33. The summed E-state index contributed by atoms with van der Waals surface area (Å²) in [6.45, 7) is 11.7. The molecule has 1 fully saturated rings. The van der Waals surface area contributed by atoms with Crippen molar-refractivity contribution in [3.63, 3.8) is 0 Å². The summed E-state index contributed by atoms with van der Waals surface area (Å²) >= 11 is 0. The van der Waals surface area contributed by atoms with E-state index in [1.165, 1.54) is 0 Å². The fraction of sp³-hybridized carbons (Fsp3) is 1.00. The first-order chi connectivity index (χ1) is 5.79. The fourth-order valence-electron chi connectivity index (χ4n) is 1.25. The lowest BCUT2D eigenvalue weighted by Crippen LogP contribution is -2.46. The summed E-state index contributed by atoms with van der Waals surface area (Å²) in [7, 11) is -1.45. The molecule has 0 aromatic heterocycles. The Kier molecular flexibility index (Phi) is 3.17. The third kappa shape index (κ3) is 4.22. The predicted octanol–water partition coefficient (Wildman–Crippen LogP) is 1.99. The van der Waals surface area contributed by atoms with Crippen LogP contribution in [-0.2, 0) is 13.9 Å². The zero-order chi connectivity index (χ0) is 10.1. The smallest absolute Gasteiger partial charge is 0.184 e. The number of rotatable bonds is 2. The minimum absolute atomic E-state index is 0.125. The van der Waals surface area contributed by atoms with Crippen molar-refractivity contribution in [3.05, 3.63) is 0 Å². The Morgan fingerprint density at radius 2 is 1.62 bits per heavy atom. The first kappa shape index (κ1) is 11.2. The normalized spacial score (nSPS) is 24.7. The topological polar surface area (TPSA) is 27.7 Å². The standard InChI is InChI=1S/C9H20O3Si/c1-9(2)10-6-8(7-11-9)12-13(3,4)5/h8H,6-7H2,1-5H3. The van der Waals surface area contributed by atoms with Gasteiger partial charge in [0.15, 0.2) is 14.1 Å². The van der Waals surface area contributed by atoms with E-state index in [-0.39, 0.29) is 6.10 Å². The summed E-state index contributed by atoms with van der Waals surface area (Å²) in [5.74, 6) is -0.431. The van der Waals surface area contributed by atoms with Crippen molar-refractivity contribution in [1.82, 2.24) is 0 Å². The molecule has 0 aliphatic carbocycles. The van der Waals surface area contributed by atoms with Crippen LogP contribution in [0.4, 0.5) is 0 Å². The monoisotopic (exact) mass is 204 g/mol. The molecule has 1 aliphatic heterocycles. The van der Waals surface area contributed by atoms with Gasteiger partial charge in [0, 0.05) is 0 Å². The van der Waals surface area contributed by atoms with Gasteiger partial charge in [0.2, 0.25) is 0 Å². The zero-order valence-electron chi connectivity index (χ0n) is 9.22. The molecule has 1 heterocycles. The number of ether oxygens (including phenoxy) is 2. The average molecular weight is 204 g/mol. The van der Waals surface area contributed by atoms with E-state index in [1.54, 1.807) is 0 Å². The van der Waals surface area contributed by atoms with Crippen LogP contribution < -0.4 is 0 Å². The van der Waals surface area contributed by atoms with Gasteiger partial charge >= 0.3 is 0 Å². The molecule has 1 rings (SSSR count). The highest BCUT2D eigenvalue weighted by atomic mass is 28.4. The predicted molar refractivity (Wildman–Crippen MR) is 54.2 cm³/mol. The molecule has 0 aromatic carbocycles. The first-order valence-corrected chi connectivity index (χ1v) is 8.15. The van der Waals surface area contributed by atoms with Crippen LogP contribution in [0.25, 0.3) is 0 Å². The Morgan fingerprint density at radius 1 is 1.15 bits per heavy atom. The Bertz CT molecular complexity index is 164. The van der Waals surface area contributed by atoms with E-state index in [9.17, 15) is 0 Å². The van der Waals surface area contributed by atoms with Crippen LogP contribution in [0.15, 0.2) is 0 Å². The molecular formula is C9H20O3Si. The molecule has 13 heavy (non-hydrogen) atoms. The van der Waals surface area contributed by atoms with Gasteiger partial charge in [-0.2, -0.15) is 0 Å². The molecule has 3 nitrogen and oxygen atoms in total. The van der Waals surface area contributed by atoms with Crippen LogP contribution in [0.3, 0.4) is 0 Å². The number of hydrogen-bond donors (Lipinski definition) is 0. The van der Waals surface area contributed by atoms with Gasteiger partial charge < -0.3 is 13.9 Å². The lowest BCUT2D eigenvalue weighted by molar-refractivity contribution is -0.270. The van der Waals surface area contributed by atoms with E-state index in [0.717, 1.165) is 0 Å². The van der Waals surface area contributed by atoms with Crippen LogP contribution in [0.5, 0.6) is 0 Å². The van der Waals surface area contributed by atoms with Crippen molar-refractivity contribution in [2.45, 2.75) is 45.4 Å². The second-order valence-electron chi connectivity index (χ2n) is 4.87. The van der Waals surface area contributed by atoms with Crippen LogP contribution >= 0.6 is 0 Å². The van der Waals surface area contributed by atoms with Gasteiger partial charge in [0.05, 0.1) is 19.3 Å². The van der Waals surface area contributed by atoms with Crippen LogP contribution in [0.1, 0.15) is 13.8 Å². The average Bonchev–Trinajstić information content (AvgIpc) is 1.91. The van der Waals surface area contributed by atoms with Crippen molar-refractivity contribution in [1.29, 1.82) is 0 Å². The molecule has 4 heteroatoms. The van der Waals surface area contributed by atoms with Gasteiger partial charge in [-0.1, -0.05) is 0 Å². The molecule has 0 atom stereocenters. The molecule has 0 aromatic rings. The Hall–Kier alpha value is 0.0969. The van der Waals surface area contributed by atoms with Crippen molar-refractivity contribution >= 4 is 8.32 Å². The molecular weight excluding hydrogens is 184 g/mol. The molecule has 0 bridgehead atoms. The van der Waals surface area contributed by atoms with Gasteiger partial charge in [-0.15, -0.1) is 0 Å². The third-order valence-electron chi connectivity index (χ3n) is 1.75. The van der Waals surface area contributed by atoms with Crippen molar-refractivity contribution in [2.75, 3.05) is 13.2 Å². The summed E-state index contributed by atoms with van der Waals surface area (Å²) in [5, 5.41) is 0. The van der Waals surface area contributed by atoms with Crippen molar-refractivity contribution in [3.8, 4) is 0 Å². The SMILES string of the molecule is CC1(C)OCC(O[Si](C)(C)C)CO1. The Morgan fingerprint density at radius 3 is 2.00 bits per heavy atom. The quantitative estimate of drug-likeness (QED) is 0.644. The molecule has 78 valence electrons. The van der Waals surface area contributed by atoms with Gasteiger partial charge in [0.1, 0.15) is 0 Å². The number of hydrogen-bond acceptors (Lipinski definition) is 3.